The van der Waals surface area contributed by atoms with Crippen LogP contribution in [-0.4, -0.2) is 37.9 Å². The standard InChI is InChI=1S/C21H22ClN5O4/c1-4-31-20(29)16-10-15(14(11-23)19(22)25-16)24-13-5-6-17-18(9-13)27(8-7-12(2)28)21(30)26(17)3/h5-6,9-10,12,28H,4,7-8H2,1-3H3,(H,24,25)/t12-/m1/s1. The molecule has 2 N–H and O–H groups in total. The molecule has 0 aliphatic heterocycles. The maximum absolute atomic E-state index is 12.6. The number of hydrogen-bond acceptors (Lipinski definition) is 7. The highest BCUT2D eigenvalue weighted by molar-refractivity contribution is 6.31. The minimum Gasteiger partial charge on any atom is -0.461 e. The summed E-state index contributed by atoms with van der Waals surface area (Å²) < 4.78 is 8.08. The summed E-state index contributed by atoms with van der Waals surface area (Å²) in [6, 6.07) is 8.67. The number of aromatic nitrogens is 3. The molecule has 0 spiro atoms. The summed E-state index contributed by atoms with van der Waals surface area (Å²) >= 11 is 6.11. The Labute approximate surface area is 183 Å². The summed E-state index contributed by atoms with van der Waals surface area (Å²) in [5, 5.41) is 22.1. The zero-order chi connectivity index (χ0) is 22.7. The minimum atomic E-state index is -0.651. The van der Waals surface area contributed by atoms with Gasteiger partial charge in [-0.2, -0.15) is 5.26 Å². The molecular formula is C21H22ClN5O4. The van der Waals surface area contributed by atoms with Crippen LogP contribution in [0.25, 0.3) is 11.0 Å². The predicted molar refractivity (Wildman–Crippen MR) is 117 cm³/mol. The number of esters is 1. The smallest absolute Gasteiger partial charge is 0.357 e. The van der Waals surface area contributed by atoms with Crippen LogP contribution in [0.4, 0.5) is 11.4 Å². The lowest BCUT2D eigenvalue weighted by Crippen LogP contribution is -2.23. The highest BCUT2D eigenvalue weighted by Gasteiger charge is 2.18. The minimum absolute atomic E-state index is 0.0250. The van der Waals surface area contributed by atoms with Crippen molar-refractivity contribution in [3.8, 4) is 6.07 Å². The molecule has 1 atom stereocenters. The van der Waals surface area contributed by atoms with Gasteiger partial charge in [0.1, 0.15) is 16.8 Å². The van der Waals surface area contributed by atoms with Gasteiger partial charge in [-0.15, -0.1) is 0 Å². The van der Waals surface area contributed by atoms with Crippen molar-refractivity contribution in [2.24, 2.45) is 7.05 Å². The van der Waals surface area contributed by atoms with E-state index < -0.39 is 12.1 Å². The molecule has 3 rings (SSSR count). The molecule has 9 nitrogen and oxygen atoms in total. The number of hydrogen-bond donors (Lipinski definition) is 2. The molecule has 3 aromatic rings. The Morgan fingerprint density at radius 3 is 2.77 bits per heavy atom. The monoisotopic (exact) mass is 443 g/mol. The number of rotatable bonds is 7. The van der Waals surface area contributed by atoms with E-state index >= 15 is 0 Å². The van der Waals surface area contributed by atoms with E-state index in [1.54, 1.807) is 43.7 Å². The van der Waals surface area contributed by atoms with Crippen LogP contribution in [0.5, 0.6) is 0 Å². The van der Waals surface area contributed by atoms with E-state index in [1.165, 1.54) is 10.6 Å². The van der Waals surface area contributed by atoms with Gasteiger partial charge in [0, 0.05) is 19.3 Å². The first-order valence-electron chi connectivity index (χ1n) is 9.69. The molecule has 0 saturated carbocycles. The van der Waals surface area contributed by atoms with Gasteiger partial charge in [-0.3, -0.25) is 9.13 Å². The Hall–Kier alpha value is -3.35. The van der Waals surface area contributed by atoms with Crippen molar-refractivity contribution in [2.75, 3.05) is 11.9 Å². The van der Waals surface area contributed by atoms with Crippen molar-refractivity contribution < 1.29 is 14.6 Å². The Kier molecular flexibility index (Phi) is 6.63. The fourth-order valence-electron chi connectivity index (χ4n) is 3.20. The van der Waals surface area contributed by atoms with E-state index in [0.717, 1.165) is 5.52 Å². The molecule has 0 fully saturated rings. The van der Waals surface area contributed by atoms with Crippen LogP contribution in [0, 0.1) is 11.3 Å². The van der Waals surface area contributed by atoms with Gasteiger partial charge in [0.05, 0.1) is 29.4 Å². The lowest BCUT2D eigenvalue weighted by Gasteiger charge is -2.12. The van der Waals surface area contributed by atoms with Gasteiger partial charge < -0.3 is 15.2 Å². The van der Waals surface area contributed by atoms with Crippen LogP contribution in [-0.2, 0) is 18.3 Å². The number of fused-ring (bicyclic) bond motifs is 1. The molecule has 0 unspecified atom stereocenters. The number of imidazole rings is 1. The van der Waals surface area contributed by atoms with E-state index in [0.29, 0.717) is 29.9 Å². The van der Waals surface area contributed by atoms with E-state index in [2.05, 4.69) is 10.3 Å². The molecular weight excluding hydrogens is 422 g/mol. The SMILES string of the molecule is CCOC(=O)c1cc(Nc2ccc3c(c2)n(CC[C@@H](C)O)c(=O)n3C)c(C#N)c(Cl)n1. The number of nitriles is 1. The first-order valence-corrected chi connectivity index (χ1v) is 10.1. The van der Waals surface area contributed by atoms with Crippen LogP contribution < -0.4 is 11.0 Å². The molecule has 2 heterocycles. The third-order valence-electron chi connectivity index (χ3n) is 4.77. The van der Waals surface area contributed by atoms with Gasteiger partial charge in [0.25, 0.3) is 0 Å². The third kappa shape index (κ3) is 4.55. The topological polar surface area (TPSA) is 122 Å². The molecule has 0 aliphatic carbocycles. The molecule has 0 bridgehead atoms. The second-order valence-electron chi connectivity index (χ2n) is 7.01. The Bertz CT molecular complexity index is 1240. The highest BCUT2D eigenvalue weighted by atomic mass is 35.5. The number of halogens is 1. The summed E-state index contributed by atoms with van der Waals surface area (Å²) in [5.74, 6) is -0.651. The zero-order valence-corrected chi connectivity index (χ0v) is 18.1. The lowest BCUT2D eigenvalue weighted by molar-refractivity contribution is 0.0519. The number of aliphatic hydroxyl groups is 1. The maximum Gasteiger partial charge on any atom is 0.357 e. The normalized spacial score (nSPS) is 11.9. The molecule has 10 heteroatoms. The van der Waals surface area contributed by atoms with Crippen LogP contribution in [0.15, 0.2) is 29.1 Å². The first-order chi connectivity index (χ1) is 14.8. The highest BCUT2D eigenvalue weighted by Crippen LogP contribution is 2.28. The van der Waals surface area contributed by atoms with Gasteiger partial charge in [0.2, 0.25) is 0 Å². The first kappa shape index (κ1) is 22.3. The quantitative estimate of drug-likeness (QED) is 0.425. The number of benzene rings is 1. The number of carbonyl (C=O) groups excluding carboxylic acids is 1. The van der Waals surface area contributed by atoms with Gasteiger partial charge in [-0.1, -0.05) is 11.6 Å². The number of aliphatic hydroxyl groups excluding tert-OH is 1. The molecule has 0 aliphatic rings. The van der Waals surface area contributed by atoms with Crippen LogP contribution in [0.2, 0.25) is 5.15 Å². The zero-order valence-electron chi connectivity index (χ0n) is 17.3. The number of carbonyl (C=O) groups is 1. The predicted octanol–water partition coefficient (Wildman–Crippen LogP) is 2.95. The Morgan fingerprint density at radius 2 is 2.13 bits per heavy atom. The second kappa shape index (κ2) is 9.20. The average Bonchev–Trinajstić information content (AvgIpc) is 2.96. The number of ether oxygens (including phenoxy) is 1. The second-order valence-corrected chi connectivity index (χ2v) is 7.37. The largest absolute Gasteiger partial charge is 0.461 e. The molecule has 0 radical (unpaired) electrons. The van der Waals surface area contributed by atoms with E-state index in [4.69, 9.17) is 16.3 Å². The van der Waals surface area contributed by atoms with Gasteiger partial charge >= 0.3 is 11.7 Å². The van der Waals surface area contributed by atoms with Crippen molar-refractivity contribution in [1.29, 1.82) is 5.26 Å². The number of pyridine rings is 1. The number of nitrogens with zero attached hydrogens (tertiary/aromatic N) is 4. The molecule has 31 heavy (non-hydrogen) atoms. The number of aryl methyl sites for hydroxylation is 2. The fraction of sp³-hybridized carbons (Fsp3) is 0.333. The van der Waals surface area contributed by atoms with E-state index in [9.17, 15) is 20.0 Å². The van der Waals surface area contributed by atoms with Gasteiger partial charge in [-0.25, -0.2) is 14.6 Å². The fourth-order valence-corrected chi connectivity index (χ4v) is 3.44. The molecule has 2 aromatic heterocycles. The van der Waals surface area contributed by atoms with E-state index in [-0.39, 0.29) is 28.7 Å². The summed E-state index contributed by atoms with van der Waals surface area (Å²) in [4.78, 5) is 28.6. The van der Waals surface area contributed by atoms with Crippen molar-refractivity contribution in [1.82, 2.24) is 14.1 Å². The van der Waals surface area contributed by atoms with E-state index in [1.807, 2.05) is 6.07 Å². The van der Waals surface area contributed by atoms with Crippen LogP contribution >= 0.6 is 11.6 Å². The van der Waals surface area contributed by atoms with Crippen molar-refractivity contribution in [3.63, 3.8) is 0 Å². The number of anilines is 2. The molecule has 0 saturated heterocycles. The molecule has 1 aromatic carbocycles. The summed E-state index contributed by atoms with van der Waals surface area (Å²) in [7, 11) is 1.68. The summed E-state index contributed by atoms with van der Waals surface area (Å²) in [5.41, 5.74) is 2.12. The van der Waals surface area contributed by atoms with Crippen LogP contribution in [0.1, 0.15) is 36.3 Å². The maximum atomic E-state index is 12.6. The Morgan fingerprint density at radius 1 is 1.39 bits per heavy atom. The van der Waals surface area contributed by atoms with Gasteiger partial charge in [-0.05, 0) is 44.5 Å². The molecule has 0 amide bonds. The summed E-state index contributed by atoms with van der Waals surface area (Å²) in [6.07, 6.45) is -0.111. The van der Waals surface area contributed by atoms with Crippen molar-refractivity contribution in [2.45, 2.75) is 32.9 Å². The molecule has 162 valence electrons. The Balaban J connectivity index is 2.05. The van der Waals surface area contributed by atoms with Crippen molar-refractivity contribution in [3.05, 3.63) is 51.2 Å². The number of nitrogens with one attached hydrogen (secondary N) is 1. The summed E-state index contributed by atoms with van der Waals surface area (Å²) in [6.45, 7) is 3.87. The van der Waals surface area contributed by atoms with Crippen LogP contribution in [0.3, 0.4) is 0 Å². The third-order valence-corrected chi connectivity index (χ3v) is 5.04. The van der Waals surface area contributed by atoms with Crippen molar-refractivity contribution >= 4 is 40.0 Å². The van der Waals surface area contributed by atoms with Gasteiger partial charge in [0.15, 0.2) is 5.69 Å². The average molecular weight is 444 g/mol. The lowest BCUT2D eigenvalue weighted by atomic mass is 10.2.